The number of aromatic nitrogens is 2. The van der Waals surface area contributed by atoms with Crippen molar-refractivity contribution in [2.75, 3.05) is 0 Å². The van der Waals surface area contributed by atoms with Crippen molar-refractivity contribution >= 4 is 35.8 Å². The Labute approximate surface area is 190 Å². The minimum atomic E-state index is 0. The van der Waals surface area contributed by atoms with E-state index >= 15 is 0 Å². The lowest BCUT2D eigenvalue weighted by Gasteiger charge is -2.17. The predicted octanol–water partition coefficient (Wildman–Crippen LogP) is 5.95. The number of aromatic amines is 1. The van der Waals surface area contributed by atoms with Crippen LogP contribution in [0.2, 0.25) is 0 Å². The zero-order chi connectivity index (χ0) is 19.1. The van der Waals surface area contributed by atoms with E-state index in [0.29, 0.717) is 6.04 Å². The fourth-order valence-corrected chi connectivity index (χ4v) is 4.50. The molecule has 0 saturated heterocycles. The van der Waals surface area contributed by atoms with Gasteiger partial charge in [0.15, 0.2) is 0 Å². The van der Waals surface area contributed by atoms with Crippen LogP contribution in [0, 0.1) is 13.8 Å². The average molecular weight is 440 g/mol. The Morgan fingerprint density at radius 2 is 1.57 bits per heavy atom. The quantitative estimate of drug-likeness (QED) is 0.412. The third-order valence-corrected chi connectivity index (χ3v) is 6.07. The van der Waals surface area contributed by atoms with Crippen molar-refractivity contribution in [2.24, 2.45) is 0 Å². The van der Waals surface area contributed by atoms with Crippen LogP contribution in [0.5, 0.6) is 0 Å². The first-order chi connectivity index (χ1) is 13.7. The lowest BCUT2D eigenvalue weighted by molar-refractivity contribution is 0.531. The number of imidazole rings is 1. The van der Waals surface area contributed by atoms with Gasteiger partial charge in [-0.25, -0.2) is 4.98 Å². The number of rotatable bonds is 4. The maximum Gasteiger partial charge on any atom is 0.0931 e. The summed E-state index contributed by atoms with van der Waals surface area (Å²) in [5.41, 5.74) is 11.7. The fraction of sp³-hybridized carbons (Fsp3) is 0.240. The number of nitrogens with zero attached hydrogens (tertiary/aromatic N) is 1. The van der Waals surface area contributed by atoms with Crippen LogP contribution in [-0.4, -0.2) is 16.0 Å². The third kappa shape index (κ3) is 4.24. The van der Waals surface area contributed by atoms with Gasteiger partial charge in [-0.1, -0.05) is 42.5 Å². The molecule has 0 saturated carbocycles. The highest BCUT2D eigenvalue weighted by molar-refractivity contribution is 5.85. The summed E-state index contributed by atoms with van der Waals surface area (Å²) in [5, 5.41) is 3.79. The number of halogens is 2. The van der Waals surface area contributed by atoms with Gasteiger partial charge in [0.1, 0.15) is 0 Å². The third-order valence-electron chi connectivity index (χ3n) is 6.07. The first-order valence-corrected chi connectivity index (χ1v) is 10.0. The minimum absolute atomic E-state index is 0. The lowest BCUT2D eigenvalue weighted by Crippen LogP contribution is -2.29. The molecule has 0 fully saturated rings. The zero-order valence-corrected chi connectivity index (χ0v) is 18.9. The predicted molar refractivity (Wildman–Crippen MR) is 130 cm³/mol. The molecule has 1 aliphatic carbocycles. The number of nitrogens with one attached hydrogen (secondary N) is 2. The van der Waals surface area contributed by atoms with E-state index in [1.807, 2.05) is 0 Å². The summed E-state index contributed by atoms with van der Waals surface area (Å²) >= 11 is 0. The second-order valence-corrected chi connectivity index (χ2v) is 7.98. The van der Waals surface area contributed by atoms with Crippen LogP contribution in [-0.2, 0) is 19.4 Å². The van der Waals surface area contributed by atoms with Crippen LogP contribution < -0.4 is 5.32 Å². The van der Waals surface area contributed by atoms with Gasteiger partial charge < -0.3 is 10.3 Å². The molecular formula is C25H27Cl2N3. The SMILES string of the molecule is Cc1cc(-c2ccc3nc[nH]c3c2)cc(C)c1CNC1Cc2ccccc2C1.Cl.Cl. The summed E-state index contributed by atoms with van der Waals surface area (Å²) in [6.45, 7) is 5.38. The number of benzene rings is 3. The Kier molecular flexibility index (Phi) is 6.87. The minimum Gasteiger partial charge on any atom is -0.345 e. The van der Waals surface area contributed by atoms with Gasteiger partial charge in [0.25, 0.3) is 0 Å². The van der Waals surface area contributed by atoms with Gasteiger partial charge in [0.2, 0.25) is 0 Å². The summed E-state index contributed by atoms with van der Waals surface area (Å²) in [7, 11) is 0. The molecule has 0 radical (unpaired) electrons. The summed E-state index contributed by atoms with van der Waals surface area (Å²) in [5.74, 6) is 0. The van der Waals surface area contributed by atoms with Gasteiger partial charge in [0.05, 0.1) is 17.4 Å². The molecule has 5 heteroatoms. The second kappa shape index (κ2) is 9.22. The molecular weight excluding hydrogens is 413 g/mol. The molecule has 0 atom stereocenters. The van der Waals surface area contributed by atoms with Crippen LogP contribution in [0.25, 0.3) is 22.2 Å². The normalized spacial score (nSPS) is 13.0. The topological polar surface area (TPSA) is 40.7 Å². The molecule has 0 amide bonds. The Morgan fingerprint density at radius 3 is 2.23 bits per heavy atom. The Hall–Kier alpha value is -2.33. The van der Waals surface area contributed by atoms with Gasteiger partial charge in [-0.05, 0) is 77.8 Å². The molecule has 1 heterocycles. The van der Waals surface area contributed by atoms with E-state index in [-0.39, 0.29) is 24.8 Å². The van der Waals surface area contributed by atoms with Crippen LogP contribution >= 0.6 is 24.8 Å². The molecule has 3 nitrogen and oxygen atoms in total. The number of H-pyrrole nitrogens is 1. The lowest BCUT2D eigenvalue weighted by atomic mass is 9.95. The molecule has 3 aromatic carbocycles. The van der Waals surface area contributed by atoms with Crippen molar-refractivity contribution in [2.45, 2.75) is 39.3 Å². The highest BCUT2D eigenvalue weighted by Gasteiger charge is 2.20. The summed E-state index contributed by atoms with van der Waals surface area (Å²) in [6.07, 6.45) is 4.02. The van der Waals surface area contributed by atoms with Gasteiger partial charge in [-0.15, -0.1) is 24.8 Å². The first-order valence-electron chi connectivity index (χ1n) is 10.0. The fourth-order valence-electron chi connectivity index (χ4n) is 4.50. The molecule has 156 valence electrons. The number of hydrogen-bond acceptors (Lipinski definition) is 2. The zero-order valence-electron chi connectivity index (χ0n) is 17.2. The van der Waals surface area contributed by atoms with Gasteiger partial charge in [-0.3, -0.25) is 0 Å². The Balaban J connectivity index is 0.00000128. The van der Waals surface area contributed by atoms with Crippen molar-refractivity contribution in [1.82, 2.24) is 15.3 Å². The van der Waals surface area contributed by atoms with E-state index in [0.717, 1.165) is 30.4 Å². The molecule has 2 N–H and O–H groups in total. The first kappa shape index (κ1) is 22.4. The average Bonchev–Trinajstić information content (AvgIpc) is 3.32. The molecule has 0 bridgehead atoms. The molecule has 30 heavy (non-hydrogen) atoms. The smallest absolute Gasteiger partial charge is 0.0931 e. The number of aryl methyl sites for hydroxylation is 2. The van der Waals surface area contributed by atoms with Gasteiger partial charge in [0, 0.05) is 12.6 Å². The van der Waals surface area contributed by atoms with Gasteiger partial charge >= 0.3 is 0 Å². The molecule has 4 aromatic rings. The molecule has 0 unspecified atom stereocenters. The highest BCUT2D eigenvalue weighted by Crippen LogP contribution is 2.28. The number of hydrogen-bond donors (Lipinski definition) is 2. The van der Waals surface area contributed by atoms with Crippen molar-refractivity contribution in [3.63, 3.8) is 0 Å². The maximum absolute atomic E-state index is 4.32. The van der Waals surface area contributed by atoms with Crippen molar-refractivity contribution in [3.8, 4) is 11.1 Å². The van der Waals surface area contributed by atoms with Crippen LogP contribution in [0.1, 0.15) is 27.8 Å². The van der Waals surface area contributed by atoms with Crippen LogP contribution in [0.15, 0.2) is 60.9 Å². The molecule has 0 spiro atoms. The van der Waals surface area contributed by atoms with Gasteiger partial charge in [-0.2, -0.15) is 0 Å². The standard InChI is InChI=1S/C25H25N3.2ClH/c1-16-9-21(20-7-8-24-25(13-20)28-15-27-24)10-17(2)23(16)14-26-22-11-18-5-3-4-6-19(18)12-22;;/h3-10,13,15,22,26H,11-12,14H2,1-2H3,(H,27,28);2*1H. The van der Waals surface area contributed by atoms with E-state index in [1.165, 1.54) is 38.9 Å². The summed E-state index contributed by atoms with van der Waals surface area (Å²) in [6, 6.07) is 20.4. The summed E-state index contributed by atoms with van der Waals surface area (Å²) < 4.78 is 0. The monoisotopic (exact) mass is 439 g/mol. The number of fused-ring (bicyclic) bond motifs is 2. The maximum atomic E-state index is 4.32. The molecule has 0 aliphatic heterocycles. The van der Waals surface area contributed by atoms with E-state index < -0.39 is 0 Å². The second-order valence-electron chi connectivity index (χ2n) is 7.98. The summed E-state index contributed by atoms with van der Waals surface area (Å²) in [4.78, 5) is 7.52. The van der Waals surface area contributed by atoms with E-state index in [9.17, 15) is 0 Å². The Bertz CT molecular complexity index is 1120. The Morgan fingerprint density at radius 1 is 0.900 bits per heavy atom. The van der Waals surface area contributed by atoms with Crippen molar-refractivity contribution < 1.29 is 0 Å². The van der Waals surface area contributed by atoms with E-state index in [1.54, 1.807) is 6.33 Å². The largest absolute Gasteiger partial charge is 0.345 e. The molecule has 1 aromatic heterocycles. The molecule has 1 aliphatic rings. The van der Waals surface area contributed by atoms with Crippen molar-refractivity contribution in [1.29, 1.82) is 0 Å². The van der Waals surface area contributed by atoms with E-state index in [2.05, 4.69) is 83.7 Å². The van der Waals surface area contributed by atoms with Crippen LogP contribution in [0.4, 0.5) is 0 Å². The van der Waals surface area contributed by atoms with Crippen LogP contribution in [0.3, 0.4) is 0 Å². The van der Waals surface area contributed by atoms with E-state index in [4.69, 9.17) is 0 Å². The van der Waals surface area contributed by atoms with Crippen molar-refractivity contribution in [3.05, 3.63) is 88.7 Å². The molecule has 5 rings (SSSR count). The highest BCUT2D eigenvalue weighted by atomic mass is 35.5.